The molecule has 25 heavy (non-hydrogen) atoms. The third-order valence-electron chi connectivity index (χ3n) is 3.83. The van der Waals surface area contributed by atoms with E-state index in [-0.39, 0.29) is 5.82 Å². The molecule has 0 spiro atoms. The van der Waals surface area contributed by atoms with Gasteiger partial charge in [0.15, 0.2) is 0 Å². The lowest BCUT2D eigenvalue weighted by atomic mass is 10.1. The van der Waals surface area contributed by atoms with Crippen molar-refractivity contribution in [3.05, 3.63) is 81.5 Å². The van der Waals surface area contributed by atoms with Crippen molar-refractivity contribution in [1.82, 2.24) is 9.55 Å². The molecule has 0 saturated carbocycles. The van der Waals surface area contributed by atoms with Crippen molar-refractivity contribution in [2.24, 2.45) is 0 Å². The minimum absolute atomic E-state index is 0.188. The van der Waals surface area contributed by atoms with Crippen LogP contribution in [0.2, 0.25) is 0 Å². The minimum Gasteiger partial charge on any atom is -0.336 e. The summed E-state index contributed by atoms with van der Waals surface area (Å²) >= 11 is 9.00. The Labute approximate surface area is 168 Å². The summed E-state index contributed by atoms with van der Waals surface area (Å²) in [6.07, 6.45) is 7.55. The van der Waals surface area contributed by atoms with Gasteiger partial charge in [-0.25, -0.2) is 9.37 Å². The molecule has 1 aromatic heterocycles. The summed E-state index contributed by atoms with van der Waals surface area (Å²) in [7, 11) is 0. The first kappa shape index (κ1) is 18.7. The van der Waals surface area contributed by atoms with Gasteiger partial charge in [0.2, 0.25) is 0 Å². The van der Waals surface area contributed by atoms with Gasteiger partial charge in [0, 0.05) is 38.0 Å². The van der Waals surface area contributed by atoms with Gasteiger partial charge in [0.25, 0.3) is 0 Å². The molecule has 2 aromatic carbocycles. The van der Waals surface area contributed by atoms with E-state index in [1.54, 1.807) is 6.20 Å². The van der Waals surface area contributed by atoms with Crippen LogP contribution < -0.4 is 0 Å². The largest absolute Gasteiger partial charge is 0.336 e. The predicted molar refractivity (Wildman–Crippen MR) is 108 cm³/mol. The molecule has 1 atom stereocenters. The predicted octanol–water partition coefficient (Wildman–Crippen LogP) is 6.34. The standard InChI is InChI=1S/C19H17Br2FN2S/c20-15-4-8-19(18(21)11-15)25-17(12-24-10-9-23-13-24)7-3-14-1-5-16(22)6-2-14/h1-2,4-6,8-11,13,17H,3,7,12H2. The third kappa shape index (κ3) is 5.69. The van der Waals surface area contributed by atoms with Crippen molar-refractivity contribution >= 4 is 43.6 Å². The maximum atomic E-state index is 13.1. The Bertz CT molecular complexity index is 807. The zero-order chi connectivity index (χ0) is 17.6. The van der Waals surface area contributed by atoms with Crippen LogP contribution in [-0.2, 0) is 13.0 Å². The fraction of sp³-hybridized carbons (Fsp3) is 0.211. The summed E-state index contributed by atoms with van der Waals surface area (Å²) < 4.78 is 17.3. The average molecular weight is 484 g/mol. The molecule has 3 aromatic rings. The summed E-state index contributed by atoms with van der Waals surface area (Å²) in [6, 6.07) is 13.0. The van der Waals surface area contributed by atoms with E-state index in [9.17, 15) is 4.39 Å². The summed E-state index contributed by atoms with van der Waals surface area (Å²) in [5, 5.41) is 0.386. The van der Waals surface area contributed by atoms with Gasteiger partial charge in [-0.2, -0.15) is 0 Å². The van der Waals surface area contributed by atoms with Gasteiger partial charge in [-0.05, 0) is 64.7 Å². The summed E-state index contributed by atoms with van der Waals surface area (Å²) in [5.74, 6) is -0.188. The van der Waals surface area contributed by atoms with E-state index in [4.69, 9.17) is 0 Å². The van der Waals surface area contributed by atoms with Gasteiger partial charge < -0.3 is 4.57 Å². The minimum atomic E-state index is -0.188. The number of hydrogen-bond donors (Lipinski definition) is 0. The molecule has 0 amide bonds. The normalized spacial score (nSPS) is 12.3. The summed E-state index contributed by atoms with van der Waals surface area (Å²) in [6.45, 7) is 0.883. The second-order valence-electron chi connectivity index (χ2n) is 5.74. The Morgan fingerprint density at radius 3 is 2.60 bits per heavy atom. The molecule has 0 fully saturated rings. The zero-order valence-electron chi connectivity index (χ0n) is 13.4. The number of thioether (sulfide) groups is 1. The number of aromatic nitrogens is 2. The van der Waals surface area contributed by atoms with Crippen LogP contribution in [0.5, 0.6) is 0 Å². The highest BCUT2D eigenvalue weighted by molar-refractivity contribution is 9.11. The monoisotopic (exact) mass is 482 g/mol. The lowest BCUT2D eigenvalue weighted by Gasteiger charge is -2.18. The summed E-state index contributed by atoms with van der Waals surface area (Å²) in [5.41, 5.74) is 1.16. The number of hydrogen-bond acceptors (Lipinski definition) is 2. The quantitative estimate of drug-likeness (QED) is 0.365. The van der Waals surface area contributed by atoms with Crippen LogP contribution >= 0.6 is 43.6 Å². The van der Waals surface area contributed by atoms with E-state index < -0.39 is 0 Å². The maximum absolute atomic E-state index is 13.1. The SMILES string of the molecule is Fc1ccc(CCC(Cn2ccnc2)Sc2ccc(Br)cc2Br)cc1. The Hall–Kier alpha value is -1.11. The van der Waals surface area contributed by atoms with E-state index in [1.165, 1.54) is 17.0 Å². The van der Waals surface area contributed by atoms with Crippen molar-refractivity contribution in [3.8, 4) is 0 Å². The van der Waals surface area contributed by atoms with E-state index in [0.29, 0.717) is 5.25 Å². The molecule has 130 valence electrons. The van der Waals surface area contributed by atoms with Gasteiger partial charge in [0.05, 0.1) is 6.33 Å². The Kier molecular flexibility index (Phi) is 6.73. The molecule has 0 radical (unpaired) electrons. The molecule has 2 nitrogen and oxygen atoms in total. The molecule has 0 aliphatic carbocycles. The Morgan fingerprint density at radius 2 is 1.92 bits per heavy atom. The fourth-order valence-corrected chi connectivity index (χ4v) is 5.03. The lowest BCUT2D eigenvalue weighted by molar-refractivity contribution is 0.618. The fourth-order valence-electron chi connectivity index (χ4n) is 2.55. The second kappa shape index (κ2) is 9.01. The van der Waals surface area contributed by atoms with Crippen molar-refractivity contribution in [3.63, 3.8) is 0 Å². The number of benzene rings is 2. The van der Waals surface area contributed by atoms with Gasteiger partial charge >= 0.3 is 0 Å². The highest BCUT2D eigenvalue weighted by Gasteiger charge is 2.14. The third-order valence-corrected chi connectivity index (χ3v) is 6.57. The van der Waals surface area contributed by atoms with Gasteiger partial charge in [-0.15, -0.1) is 11.8 Å². The van der Waals surface area contributed by atoms with Gasteiger partial charge in [-0.3, -0.25) is 0 Å². The molecule has 0 saturated heterocycles. The van der Waals surface area contributed by atoms with Crippen LogP contribution in [0.15, 0.2) is 75.0 Å². The number of imidazole rings is 1. The smallest absolute Gasteiger partial charge is 0.123 e. The first-order valence-electron chi connectivity index (χ1n) is 7.92. The van der Waals surface area contributed by atoms with Gasteiger partial charge in [0.1, 0.15) is 5.82 Å². The lowest BCUT2D eigenvalue weighted by Crippen LogP contribution is -2.13. The second-order valence-corrected chi connectivity index (χ2v) is 8.85. The van der Waals surface area contributed by atoms with E-state index in [0.717, 1.165) is 33.9 Å². The number of rotatable bonds is 7. The van der Waals surface area contributed by atoms with Gasteiger partial charge in [-0.1, -0.05) is 28.1 Å². The van der Waals surface area contributed by atoms with Crippen LogP contribution in [0.3, 0.4) is 0 Å². The van der Waals surface area contributed by atoms with Crippen molar-refractivity contribution in [1.29, 1.82) is 0 Å². The van der Waals surface area contributed by atoms with Crippen LogP contribution in [0.1, 0.15) is 12.0 Å². The molecule has 0 N–H and O–H groups in total. The topological polar surface area (TPSA) is 17.8 Å². The average Bonchev–Trinajstić information content (AvgIpc) is 3.09. The summed E-state index contributed by atoms with van der Waals surface area (Å²) in [4.78, 5) is 5.35. The molecule has 6 heteroatoms. The molecule has 0 aliphatic heterocycles. The number of aryl methyl sites for hydroxylation is 1. The molecule has 1 unspecified atom stereocenters. The molecule has 0 aliphatic rings. The van der Waals surface area contributed by atoms with Crippen LogP contribution in [0.4, 0.5) is 4.39 Å². The molecule has 3 rings (SSSR count). The van der Waals surface area contributed by atoms with E-state index in [2.05, 4.69) is 59.6 Å². The highest BCUT2D eigenvalue weighted by Crippen LogP contribution is 2.35. The van der Waals surface area contributed by atoms with Crippen LogP contribution in [0, 0.1) is 5.82 Å². The van der Waals surface area contributed by atoms with Crippen molar-refractivity contribution < 1.29 is 4.39 Å². The Morgan fingerprint density at radius 1 is 1.12 bits per heavy atom. The van der Waals surface area contributed by atoms with Crippen molar-refractivity contribution in [2.45, 2.75) is 29.5 Å². The molecule has 1 heterocycles. The maximum Gasteiger partial charge on any atom is 0.123 e. The van der Waals surface area contributed by atoms with Crippen LogP contribution in [0.25, 0.3) is 0 Å². The molecular formula is C19H17Br2FN2S. The first-order valence-corrected chi connectivity index (χ1v) is 10.4. The first-order chi connectivity index (χ1) is 12.1. The molecule has 0 bridgehead atoms. The van der Waals surface area contributed by atoms with E-state index in [1.807, 2.05) is 36.4 Å². The van der Waals surface area contributed by atoms with Crippen LogP contribution in [-0.4, -0.2) is 14.8 Å². The highest BCUT2D eigenvalue weighted by atomic mass is 79.9. The number of halogens is 3. The zero-order valence-corrected chi connectivity index (χ0v) is 17.4. The van der Waals surface area contributed by atoms with E-state index >= 15 is 0 Å². The Balaban J connectivity index is 1.71. The van der Waals surface area contributed by atoms with Crippen molar-refractivity contribution in [2.75, 3.05) is 0 Å². The molecular weight excluding hydrogens is 467 g/mol. The number of nitrogens with zero attached hydrogens (tertiary/aromatic N) is 2.